The SMILES string of the molecule is C[C@H](O)[C@]1(F)C(=O)NC[C@H]1c1ccccc1. The molecule has 1 aromatic rings. The van der Waals surface area contributed by atoms with Crippen molar-refractivity contribution in [3.63, 3.8) is 0 Å². The molecular weight excluding hydrogens is 209 g/mol. The monoisotopic (exact) mass is 223 g/mol. The van der Waals surface area contributed by atoms with Crippen molar-refractivity contribution >= 4 is 5.91 Å². The lowest BCUT2D eigenvalue weighted by Gasteiger charge is -2.27. The number of hydrogen-bond acceptors (Lipinski definition) is 2. The summed E-state index contributed by atoms with van der Waals surface area (Å²) in [5, 5.41) is 11.9. The summed E-state index contributed by atoms with van der Waals surface area (Å²) in [7, 11) is 0. The number of aliphatic hydroxyl groups excluding tert-OH is 1. The second kappa shape index (κ2) is 3.87. The summed E-state index contributed by atoms with van der Waals surface area (Å²) in [5.41, 5.74) is -1.49. The van der Waals surface area contributed by atoms with Gasteiger partial charge >= 0.3 is 0 Å². The van der Waals surface area contributed by atoms with Gasteiger partial charge in [0.1, 0.15) is 0 Å². The highest BCUT2D eigenvalue weighted by Gasteiger charge is 2.55. The first-order valence-electron chi connectivity index (χ1n) is 5.27. The van der Waals surface area contributed by atoms with Crippen molar-refractivity contribution in [1.29, 1.82) is 0 Å². The molecule has 0 spiro atoms. The van der Waals surface area contributed by atoms with Gasteiger partial charge in [-0.15, -0.1) is 0 Å². The summed E-state index contributed by atoms with van der Waals surface area (Å²) in [6.07, 6.45) is -1.32. The molecule has 1 aromatic carbocycles. The Labute approximate surface area is 93.3 Å². The van der Waals surface area contributed by atoms with Gasteiger partial charge in [0.2, 0.25) is 5.67 Å². The van der Waals surface area contributed by atoms with Crippen LogP contribution in [0.2, 0.25) is 0 Å². The molecule has 16 heavy (non-hydrogen) atoms. The molecule has 3 atom stereocenters. The molecule has 0 saturated carbocycles. The van der Waals surface area contributed by atoms with Crippen molar-refractivity contribution in [3.8, 4) is 0 Å². The Bertz CT molecular complexity index is 393. The zero-order valence-corrected chi connectivity index (χ0v) is 8.98. The van der Waals surface area contributed by atoms with Gasteiger partial charge in [0.25, 0.3) is 5.91 Å². The smallest absolute Gasteiger partial charge is 0.261 e. The van der Waals surface area contributed by atoms with E-state index in [-0.39, 0.29) is 6.54 Å². The van der Waals surface area contributed by atoms with E-state index in [2.05, 4.69) is 5.32 Å². The highest BCUT2D eigenvalue weighted by molar-refractivity contribution is 5.89. The molecule has 86 valence electrons. The number of nitrogens with one attached hydrogen (secondary N) is 1. The van der Waals surface area contributed by atoms with Gasteiger partial charge in [-0.3, -0.25) is 4.79 Å². The van der Waals surface area contributed by atoms with E-state index in [0.717, 1.165) is 5.56 Å². The van der Waals surface area contributed by atoms with Crippen LogP contribution in [0.3, 0.4) is 0 Å². The van der Waals surface area contributed by atoms with Crippen molar-refractivity contribution in [2.75, 3.05) is 6.54 Å². The Hall–Kier alpha value is -1.42. The fourth-order valence-electron chi connectivity index (χ4n) is 2.16. The third-order valence-corrected chi connectivity index (χ3v) is 3.13. The fraction of sp³-hybridized carbons (Fsp3) is 0.417. The molecule has 0 aromatic heterocycles. The minimum atomic E-state index is -2.22. The molecule has 1 amide bonds. The molecule has 1 fully saturated rings. The van der Waals surface area contributed by atoms with Gasteiger partial charge in [0, 0.05) is 12.5 Å². The summed E-state index contributed by atoms with van der Waals surface area (Å²) in [6.45, 7) is 1.53. The van der Waals surface area contributed by atoms with Crippen LogP contribution in [0.4, 0.5) is 4.39 Å². The average Bonchev–Trinajstić information content (AvgIpc) is 2.58. The predicted octanol–water partition coefficient (Wildman–Crippen LogP) is 0.989. The zero-order chi connectivity index (χ0) is 11.8. The normalized spacial score (nSPS) is 31.2. The van der Waals surface area contributed by atoms with Crippen LogP contribution in [0.25, 0.3) is 0 Å². The number of benzene rings is 1. The number of hydrogen-bond donors (Lipinski definition) is 2. The maximum atomic E-state index is 14.5. The molecule has 2 N–H and O–H groups in total. The quantitative estimate of drug-likeness (QED) is 0.785. The summed E-state index contributed by atoms with van der Waals surface area (Å²) < 4.78 is 14.5. The van der Waals surface area contributed by atoms with Gasteiger partial charge < -0.3 is 10.4 Å². The number of rotatable bonds is 2. The Balaban J connectivity index is 2.39. The van der Waals surface area contributed by atoms with Crippen LogP contribution in [0.1, 0.15) is 18.4 Å². The molecule has 0 aliphatic carbocycles. The highest BCUT2D eigenvalue weighted by atomic mass is 19.1. The molecule has 0 radical (unpaired) electrons. The van der Waals surface area contributed by atoms with E-state index in [1.54, 1.807) is 24.3 Å². The third-order valence-electron chi connectivity index (χ3n) is 3.13. The second-order valence-corrected chi connectivity index (χ2v) is 4.12. The van der Waals surface area contributed by atoms with Crippen LogP contribution in [-0.2, 0) is 4.79 Å². The summed E-state index contributed by atoms with van der Waals surface area (Å²) >= 11 is 0. The number of amides is 1. The molecule has 4 heteroatoms. The summed E-state index contributed by atoms with van der Waals surface area (Å²) in [6, 6.07) is 8.94. The fourth-order valence-corrected chi connectivity index (χ4v) is 2.16. The van der Waals surface area contributed by atoms with Crippen LogP contribution >= 0.6 is 0 Å². The number of aliphatic hydroxyl groups is 1. The number of carbonyl (C=O) groups is 1. The molecule has 0 unspecified atom stereocenters. The van der Waals surface area contributed by atoms with Crippen LogP contribution in [0.5, 0.6) is 0 Å². The van der Waals surface area contributed by atoms with Gasteiger partial charge in [0.15, 0.2) is 0 Å². The van der Waals surface area contributed by atoms with Gasteiger partial charge in [0.05, 0.1) is 6.10 Å². The Morgan fingerprint density at radius 3 is 2.69 bits per heavy atom. The first kappa shape index (κ1) is 11.1. The first-order valence-corrected chi connectivity index (χ1v) is 5.27. The van der Waals surface area contributed by atoms with Crippen LogP contribution in [-0.4, -0.2) is 29.3 Å². The van der Waals surface area contributed by atoms with E-state index in [1.807, 2.05) is 6.07 Å². The first-order chi connectivity index (χ1) is 7.56. The molecular formula is C12H14FNO2. The molecule has 1 heterocycles. The molecule has 1 saturated heterocycles. The van der Waals surface area contributed by atoms with Crippen molar-refractivity contribution in [1.82, 2.24) is 5.32 Å². The standard InChI is InChI=1S/C12H14FNO2/c1-8(15)12(13)10(7-14-11(12)16)9-5-3-2-4-6-9/h2-6,8,10,15H,7H2,1H3,(H,14,16)/t8-,10-,12+/m0/s1. The van der Waals surface area contributed by atoms with E-state index < -0.39 is 23.6 Å². The lowest BCUT2D eigenvalue weighted by atomic mass is 9.82. The highest BCUT2D eigenvalue weighted by Crippen LogP contribution is 2.38. The van der Waals surface area contributed by atoms with Crippen molar-refractivity contribution in [3.05, 3.63) is 35.9 Å². The van der Waals surface area contributed by atoms with Crippen LogP contribution in [0, 0.1) is 0 Å². The summed E-state index contributed by atoms with van der Waals surface area (Å²) in [5.74, 6) is -1.35. The molecule has 1 aliphatic heterocycles. The largest absolute Gasteiger partial charge is 0.389 e. The number of carbonyl (C=O) groups excluding carboxylic acids is 1. The average molecular weight is 223 g/mol. The molecule has 3 nitrogen and oxygen atoms in total. The topological polar surface area (TPSA) is 49.3 Å². The number of halogens is 1. The van der Waals surface area contributed by atoms with E-state index in [0.29, 0.717) is 0 Å². The number of alkyl halides is 1. The minimum Gasteiger partial charge on any atom is -0.389 e. The van der Waals surface area contributed by atoms with Crippen LogP contribution < -0.4 is 5.32 Å². The maximum absolute atomic E-state index is 14.5. The van der Waals surface area contributed by atoms with Crippen LogP contribution in [0.15, 0.2) is 30.3 Å². The third kappa shape index (κ3) is 1.50. The summed E-state index contributed by atoms with van der Waals surface area (Å²) in [4.78, 5) is 11.5. The molecule has 0 bridgehead atoms. The Morgan fingerprint density at radius 2 is 2.12 bits per heavy atom. The van der Waals surface area contributed by atoms with Crippen molar-refractivity contribution < 1.29 is 14.3 Å². The van der Waals surface area contributed by atoms with E-state index in [4.69, 9.17) is 0 Å². The van der Waals surface area contributed by atoms with Gasteiger partial charge in [-0.05, 0) is 12.5 Å². The van der Waals surface area contributed by atoms with Gasteiger partial charge in [-0.1, -0.05) is 30.3 Å². The van der Waals surface area contributed by atoms with E-state index in [9.17, 15) is 14.3 Å². The van der Waals surface area contributed by atoms with E-state index >= 15 is 0 Å². The van der Waals surface area contributed by atoms with E-state index in [1.165, 1.54) is 6.92 Å². The predicted molar refractivity (Wildman–Crippen MR) is 57.7 cm³/mol. The Kier molecular flexibility index (Phi) is 2.68. The Morgan fingerprint density at radius 1 is 1.50 bits per heavy atom. The van der Waals surface area contributed by atoms with Crippen molar-refractivity contribution in [2.45, 2.75) is 24.6 Å². The molecule has 1 aliphatic rings. The zero-order valence-electron chi connectivity index (χ0n) is 8.98. The lowest BCUT2D eigenvalue weighted by Crippen LogP contribution is -2.46. The minimum absolute atomic E-state index is 0.226. The lowest BCUT2D eigenvalue weighted by molar-refractivity contribution is -0.136. The second-order valence-electron chi connectivity index (χ2n) is 4.12. The van der Waals surface area contributed by atoms with Crippen molar-refractivity contribution in [2.24, 2.45) is 0 Å². The van der Waals surface area contributed by atoms with Gasteiger partial charge in [-0.2, -0.15) is 0 Å². The molecule has 2 rings (SSSR count). The maximum Gasteiger partial charge on any atom is 0.261 e. The van der Waals surface area contributed by atoms with Gasteiger partial charge in [-0.25, -0.2) is 4.39 Å².